The van der Waals surface area contributed by atoms with Crippen LogP contribution in [0.5, 0.6) is 5.75 Å². The number of hydrogen-bond acceptors (Lipinski definition) is 5. The van der Waals surface area contributed by atoms with Crippen LogP contribution in [0.2, 0.25) is 0 Å². The monoisotopic (exact) mass is 345 g/mol. The minimum atomic E-state index is -0.250. The highest BCUT2D eigenvalue weighted by Gasteiger charge is 2.22. The van der Waals surface area contributed by atoms with Crippen molar-refractivity contribution in [2.45, 2.75) is 40.2 Å². The van der Waals surface area contributed by atoms with E-state index in [1.807, 2.05) is 31.0 Å². The van der Waals surface area contributed by atoms with Gasteiger partial charge in [-0.2, -0.15) is 0 Å². The van der Waals surface area contributed by atoms with E-state index >= 15 is 0 Å². The molecule has 1 aromatic carbocycles. The summed E-state index contributed by atoms with van der Waals surface area (Å²) in [5.74, 6) is 1.88. The summed E-state index contributed by atoms with van der Waals surface area (Å²) in [5.41, 5.74) is 2.36. The summed E-state index contributed by atoms with van der Waals surface area (Å²) in [7, 11) is 1.92. The van der Waals surface area contributed by atoms with E-state index in [4.69, 9.17) is 9.26 Å². The van der Waals surface area contributed by atoms with Crippen LogP contribution in [-0.4, -0.2) is 42.2 Å². The average Bonchev–Trinajstić information content (AvgIpc) is 2.92. The highest BCUT2D eigenvalue weighted by Crippen LogP contribution is 2.16. The van der Waals surface area contributed by atoms with Crippen LogP contribution in [0, 0.1) is 20.8 Å². The summed E-state index contributed by atoms with van der Waals surface area (Å²) in [5, 5.41) is 6.59. The van der Waals surface area contributed by atoms with Crippen LogP contribution in [0.4, 0.5) is 5.82 Å². The van der Waals surface area contributed by atoms with Crippen molar-refractivity contribution >= 4 is 11.7 Å². The van der Waals surface area contributed by atoms with Crippen molar-refractivity contribution in [2.75, 3.05) is 25.5 Å². The Labute approximate surface area is 149 Å². The zero-order chi connectivity index (χ0) is 18.4. The summed E-state index contributed by atoms with van der Waals surface area (Å²) in [4.78, 5) is 14.4. The Hall–Kier alpha value is -2.34. The van der Waals surface area contributed by atoms with E-state index in [1.165, 1.54) is 11.1 Å². The Bertz CT molecular complexity index is 691. The second-order valence-electron chi connectivity index (χ2n) is 6.39. The largest absolute Gasteiger partial charge is 0.492 e. The third kappa shape index (κ3) is 5.60. The van der Waals surface area contributed by atoms with Gasteiger partial charge in [0.2, 0.25) is 5.91 Å². The van der Waals surface area contributed by atoms with Gasteiger partial charge in [-0.25, -0.2) is 0 Å². The van der Waals surface area contributed by atoms with Gasteiger partial charge >= 0.3 is 0 Å². The maximum Gasteiger partial charge on any atom is 0.242 e. The first-order valence-corrected chi connectivity index (χ1v) is 8.54. The van der Waals surface area contributed by atoms with Gasteiger partial charge in [0.15, 0.2) is 5.82 Å². The van der Waals surface area contributed by atoms with Gasteiger partial charge in [0.05, 0.1) is 6.04 Å². The molecule has 0 unspecified atom stereocenters. The second kappa shape index (κ2) is 8.67. The standard InChI is InChI=1S/C19H27N3O3/c1-6-17(19(23)20-18-12-15(4)25-21-18)22(5)7-8-24-16-10-13(2)9-14(3)11-16/h9-12,17H,6-8H2,1-5H3,(H,20,21,23)/t17-/m0/s1. The molecule has 1 aromatic heterocycles. The van der Waals surface area contributed by atoms with Crippen molar-refractivity contribution < 1.29 is 14.1 Å². The molecule has 0 aliphatic heterocycles. The third-order valence-corrected chi connectivity index (χ3v) is 4.01. The molecule has 1 N–H and O–H groups in total. The van der Waals surface area contributed by atoms with Gasteiger partial charge in [-0.1, -0.05) is 18.1 Å². The highest BCUT2D eigenvalue weighted by molar-refractivity contribution is 5.93. The number of nitrogens with one attached hydrogen (secondary N) is 1. The molecule has 25 heavy (non-hydrogen) atoms. The number of benzene rings is 1. The van der Waals surface area contributed by atoms with E-state index in [9.17, 15) is 4.79 Å². The van der Waals surface area contributed by atoms with E-state index in [-0.39, 0.29) is 11.9 Å². The zero-order valence-corrected chi connectivity index (χ0v) is 15.6. The minimum absolute atomic E-state index is 0.0929. The molecule has 0 radical (unpaired) electrons. The number of carbonyl (C=O) groups is 1. The zero-order valence-electron chi connectivity index (χ0n) is 15.6. The molecule has 1 heterocycles. The predicted molar refractivity (Wildman–Crippen MR) is 98.0 cm³/mol. The Balaban J connectivity index is 1.86. The quantitative estimate of drug-likeness (QED) is 0.795. The van der Waals surface area contributed by atoms with E-state index < -0.39 is 0 Å². The second-order valence-corrected chi connectivity index (χ2v) is 6.39. The fourth-order valence-electron chi connectivity index (χ4n) is 2.81. The van der Waals surface area contributed by atoms with Gasteiger partial charge in [0.25, 0.3) is 0 Å². The highest BCUT2D eigenvalue weighted by atomic mass is 16.5. The lowest BCUT2D eigenvalue weighted by Crippen LogP contribution is -2.43. The average molecular weight is 345 g/mol. The molecule has 0 saturated carbocycles. The van der Waals surface area contributed by atoms with E-state index in [1.54, 1.807) is 13.0 Å². The molecule has 1 amide bonds. The number of ether oxygens (including phenoxy) is 1. The first-order valence-electron chi connectivity index (χ1n) is 8.54. The predicted octanol–water partition coefficient (Wildman–Crippen LogP) is 3.33. The summed E-state index contributed by atoms with van der Waals surface area (Å²) >= 11 is 0. The Morgan fingerprint density at radius 1 is 1.24 bits per heavy atom. The van der Waals surface area contributed by atoms with Crippen LogP contribution in [0.3, 0.4) is 0 Å². The van der Waals surface area contributed by atoms with Crippen molar-refractivity contribution in [3.63, 3.8) is 0 Å². The summed E-state index contributed by atoms with van der Waals surface area (Å²) in [6, 6.07) is 7.60. The number of aromatic nitrogens is 1. The van der Waals surface area contributed by atoms with Crippen molar-refractivity contribution in [1.82, 2.24) is 10.1 Å². The molecule has 0 bridgehead atoms. The van der Waals surface area contributed by atoms with Crippen molar-refractivity contribution in [2.24, 2.45) is 0 Å². The van der Waals surface area contributed by atoms with Gasteiger partial charge in [0, 0.05) is 12.6 Å². The first kappa shape index (κ1) is 19.0. The van der Waals surface area contributed by atoms with Crippen LogP contribution in [0.25, 0.3) is 0 Å². The summed E-state index contributed by atoms with van der Waals surface area (Å²) in [6.45, 7) is 9.04. The Morgan fingerprint density at radius 2 is 1.92 bits per heavy atom. The number of carbonyl (C=O) groups excluding carboxylic acids is 1. The maximum atomic E-state index is 12.4. The smallest absolute Gasteiger partial charge is 0.242 e. The Morgan fingerprint density at radius 3 is 2.48 bits per heavy atom. The van der Waals surface area contributed by atoms with E-state index in [2.05, 4.69) is 30.4 Å². The molecule has 0 aliphatic carbocycles. The van der Waals surface area contributed by atoms with Crippen LogP contribution in [-0.2, 0) is 4.79 Å². The fourth-order valence-corrected chi connectivity index (χ4v) is 2.81. The molecule has 0 fully saturated rings. The number of anilines is 1. The molecule has 0 saturated heterocycles. The fraction of sp³-hybridized carbons (Fsp3) is 0.474. The van der Waals surface area contributed by atoms with Crippen LogP contribution < -0.4 is 10.1 Å². The van der Waals surface area contributed by atoms with Crippen LogP contribution in [0.1, 0.15) is 30.2 Å². The van der Waals surface area contributed by atoms with E-state index in [0.717, 1.165) is 5.75 Å². The first-order chi connectivity index (χ1) is 11.9. The molecule has 1 atom stereocenters. The molecule has 136 valence electrons. The number of rotatable bonds is 8. The molecule has 0 aliphatic rings. The van der Waals surface area contributed by atoms with Gasteiger partial charge in [0.1, 0.15) is 18.1 Å². The van der Waals surface area contributed by atoms with Gasteiger partial charge < -0.3 is 14.6 Å². The van der Waals surface area contributed by atoms with Crippen molar-refractivity contribution in [3.05, 3.63) is 41.2 Å². The van der Waals surface area contributed by atoms with E-state index in [0.29, 0.717) is 31.2 Å². The number of aryl methyl sites for hydroxylation is 3. The van der Waals surface area contributed by atoms with Gasteiger partial charge in [-0.05, 0) is 57.5 Å². The molecule has 2 aromatic rings. The lowest BCUT2D eigenvalue weighted by atomic mass is 10.1. The summed E-state index contributed by atoms with van der Waals surface area (Å²) in [6.07, 6.45) is 0.697. The number of amides is 1. The number of likely N-dealkylation sites (N-methyl/N-ethyl adjacent to an activating group) is 1. The minimum Gasteiger partial charge on any atom is -0.492 e. The molecule has 2 rings (SSSR count). The van der Waals surface area contributed by atoms with Gasteiger partial charge in [-0.3, -0.25) is 9.69 Å². The summed E-state index contributed by atoms with van der Waals surface area (Å²) < 4.78 is 10.8. The topological polar surface area (TPSA) is 67.6 Å². The number of hydrogen-bond donors (Lipinski definition) is 1. The van der Waals surface area contributed by atoms with Gasteiger partial charge in [-0.15, -0.1) is 0 Å². The van der Waals surface area contributed by atoms with Crippen LogP contribution >= 0.6 is 0 Å². The van der Waals surface area contributed by atoms with Crippen molar-refractivity contribution in [3.8, 4) is 5.75 Å². The molecule has 0 spiro atoms. The number of nitrogens with zero attached hydrogens (tertiary/aromatic N) is 2. The molecular formula is C19H27N3O3. The normalized spacial score (nSPS) is 12.2. The third-order valence-electron chi connectivity index (χ3n) is 4.01. The van der Waals surface area contributed by atoms with Crippen LogP contribution in [0.15, 0.2) is 28.8 Å². The lowest BCUT2D eigenvalue weighted by Gasteiger charge is -2.25. The lowest BCUT2D eigenvalue weighted by molar-refractivity contribution is -0.121. The maximum absolute atomic E-state index is 12.4. The molecule has 6 heteroatoms. The Kier molecular flexibility index (Phi) is 6.58. The SMILES string of the molecule is CC[C@@H](C(=O)Nc1cc(C)on1)N(C)CCOc1cc(C)cc(C)c1. The molecular weight excluding hydrogens is 318 g/mol. The van der Waals surface area contributed by atoms with Crippen molar-refractivity contribution in [1.29, 1.82) is 0 Å². The molecule has 6 nitrogen and oxygen atoms in total.